The van der Waals surface area contributed by atoms with Crippen molar-refractivity contribution in [3.8, 4) is 0 Å². The predicted molar refractivity (Wildman–Crippen MR) is 83.5 cm³/mol. The van der Waals surface area contributed by atoms with Crippen molar-refractivity contribution < 1.29 is 4.79 Å². The number of fused-ring (bicyclic) bond motifs is 2. The smallest absolute Gasteiger partial charge is 0.319 e. The summed E-state index contributed by atoms with van der Waals surface area (Å²) in [6.07, 6.45) is 4.92. The Kier molecular flexibility index (Phi) is 3.14. The molecule has 0 spiro atoms. The Morgan fingerprint density at radius 2 is 1.62 bits per heavy atom. The van der Waals surface area contributed by atoms with E-state index in [2.05, 4.69) is 16.8 Å². The van der Waals surface area contributed by atoms with E-state index in [0.717, 1.165) is 31.6 Å². The van der Waals surface area contributed by atoms with Gasteiger partial charge < -0.3 is 9.80 Å². The molecule has 0 N–H and O–H groups in total. The molecular formula is C17H23N3O. The summed E-state index contributed by atoms with van der Waals surface area (Å²) in [6.45, 7) is 1.70. The van der Waals surface area contributed by atoms with E-state index in [1.807, 2.05) is 35.2 Å². The number of hydrogen-bond acceptors (Lipinski definition) is 2. The molecule has 3 aliphatic rings. The fourth-order valence-electron chi connectivity index (χ4n) is 4.38. The Balaban J connectivity index is 1.49. The monoisotopic (exact) mass is 285 g/mol. The zero-order valence-corrected chi connectivity index (χ0v) is 12.6. The van der Waals surface area contributed by atoms with Crippen molar-refractivity contribution in [2.45, 2.75) is 43.8 Å². The van der Waals surface area contributed by atoms with Crippen molar-refractivity contribution >= 4 is 11.7 Å². The third-order valence-corrected chi connectivity index (χ3v) is 5.62. The van der Waals surface area contributed by atoms with E-state index in [9.17, 15) is 4.79 Å². The highest BCUT2D eigenvalue weighted by molar-refractivity contribution is 5.94. The molecule has 0 aliphatic carbocycles. The molecule has 3 aliphatic heterocycles. The lowest BCUT2D eigenvalue weighted by atomic mass is 9.97. The molecule has 3 saturated heterocycles. The van der Waals surface area contributed by atoms with Crippen molar-refractivity contribution in [3.63, 3.8) is 0 Å². The van der Waals surface area contributed by atoms with E-state index >= 15 is 0 Å². The van der Waals surface area contributed by atoms with Crippen LogP contribution in [0.25, 0.3) is 0 Å². The van der Waals surface area contributed by atoms with Gasteiger partial charge in [0.25, 0.3) is 0 Å². The standard InChI is InChI=1S/C17H23N3O/c1-18-14-7-8-15(18)12-16(11-14)20-10-9-19(17(20)21)13-5-3-2-4-6-13/h2-6,14-16H,7-12H2,1H3/t14-,15+,16?. The molecule has 3 heterocycles. The molecule has 3 fully saturated rings. The first-order valence-electron chi connectivity index (χ1n) is 8.09. The highest BCUT2D eigenvalue weighted by Crippen LogP contribution is 2.37. The van der Waals surface area contributed by atoms with Gasteiger partial charge in [-0.15, -0.1) is 0 Å². The Labute approximate surface area is 126 Å². The highest BCUT2D eigenvalue weighted by atomic mass is 16.2. The van der Waals surface area contributed by atoms with E-state index in [1.165, 1.54) is 12.8 Å². The second kappa shape index (κ2) is 5.02. The minimum absolute atomic E-state index is 0.204. The SMILES string of the molecule is CN1[C@@H]2CC[C@H]1CC(N1CCN(c3ccccc3)C1=O)C2. The Morgan fingerprint density at radius 1 is 0.952 bits per heavy atom. The van der Waals surface area contributed by atoms with Crippen LogP contribution < -0.4 is 4.90 Å². The lowest BCUT2D eigenvalue weighted by Gasteiger charge is -2.40. The van der Waals surface area contributed by atoms with Crippen molar-refractivity contribution in [2.75, 3.05) is 25.0 Å². The quantitative estimate of drug-likeness (QED) is 0.835. The van der Waals surface area contributed by atoms with Crippen LogP contribution in [0.4, 0.5) is 10.5 Å². The van der Waals surface area contributed by atoms with Gasteiger partial charge in [-0.2, -0.15) is 0 Å². The average molecular weight is 285 g/mol. The highest BCUT2D eigenvalue weighted by Gasteiger charge is 2.43. The minimum atomic E-state index is 0.204. The fourth-order valence-corrected chi connectivity index (χ4v) is 4.38. The summed E-state index contributed by atoms with van der Waals surface area (Å²) in [6, 6.07) is 12.1. The van der Waals surface area contributed by atoms with Crippen LogP contribution in [0, 0.1) is 0 Å². The number of rotatable bonds is 2. The first-order valence-corrected chi connectivity index (χ1v) is 8.09. The maximum Gasteiger partial charge on any atom is 0.324 e. The summed E-state index contributed by atoms with van der Waals surface area (Å²) < 4.78 is 0. The molecule has 21 heavy (non-hydrogen) atoms. The zero-order chi connectivity index (χ0) is 14.4. The Bertz CT molecular complexity index is 518. The van der Waals surface area contributed by atoms with Crippen molar-refractivity contribution in [3.05, 3.63) is 30.3 Å². The van der Waals surface area contributed by atoms with Gasteiger partial charge in [0.1, 0.15) is 0 Å². The molecule has 2 bridgehead atoms. The lowest BCUT2D eigenvalue weighted by molar-refractivity contribution is 0.102. The largest absolute Gasteiger partial charge is 0.324 e. The minimum Gasteiger partial charge on any atom is -0.319 e. The van der Waals surface area contributed by atoms with Gasteiger partial charge in [-0.05, 0) is 44.9 Å². The number of piperidine rings is 1. The van der Waals surface area contributed by atoms with E-state index in [0.29, 0.717) is 18.1 Å². The Morgan fingerprint density at radius 3 is 2.29 bits per heavy atom. The maximum atomic E-state index is 12.8. The molecule has 1 aromatic rings. The van der Waals surface area contributed by atoms with E-state index in [-0.39, 0.29) is 6.03 Å². The van der Waals surface area contributed by atoms with E-state index < -0.39 is 0 Å². The van der Waals surface area contributed by atoms with Crippen LogP contribution in [-0.4, -0.2) is 54.1 Å². The molecule has 4 nitrogen and oxygen atoms in total. The average Bonchev–Trinajstić information content (AvgIpc) is 2.96. The normalized spacial score (nSPS) is 33.0. The predicted octanol–water partition coefficient (Wildman–Crippen LogP) is 2.55. The van der Waals surface area contributed by atoms with Gasteiger partial charge in [0.2, 0.25) is 0 Å². The maximum absolute atomic E-state index is 12.8. The second-order valence-electron chi connectivity index (χ2n) is 6.64. The summed E-state index contributed by atoms with van der Waals surface area (Å²) in [5.74, 6) is 0. The first kappa shape index (κ1) is 13.1. The van der Waals surface area contributed by atoms with Crippen LogP contribution >= 0.6 is 0 Å². The number of urea groups is 1. The molecule has 0 aromatic heterocycles. The topological polar surface area (TPSA) is 26.8 Å². The van der Waals surface area contributed by atoms with Gasteiger partial charge in [-0.25, -0.2) is 4.79 Å². The molecule has 4 rings (SSSR count). The number of hydrogen-bond donors (Lipinski definition) is 0. The van der Waals surface area contributed by atoms with Gasteiger partial charge >= 0.3 is 6.03 Å². The van der Waals surface area contributed by atoms with Gasteiger partial charge in [-0.3, -0.25) is 4.90 Å². The lowest BCUT2D eigenvalue weighted by Crippen LogP contribution is -2.50. The fraction of sp³-hybridized carbons (Fsp3) is 0.588. The number of anilines is 1. The van der Waals surface area contributed by atoms with Crippen LogP contribution in [0.15, 0.2) is 30.3 Å². The van der Waals surface area contributed by atoms with E-state index in [1.54, 1.807) is 0 Å². The third-order valence-electron chi connectivity index (χ3n) is 5.62. The van der Waals surface area contributed by atoms with Crippen LogP contribution in [-0.2, 0) is 0 Å². The zero-order valence-electron chi connectivity index (χ0n) is 12.6. The number of amides is 2. The molecular weight excluding hydrogens is 262 g/mol. The third kappa shape index (κ3) is 2.13. The van der Waals surface area contributed by atoms with Crippen molar-refractivity contribution in [2.24, 2.45) is 0 Å². The van der Waals surface area contributed by atoms with Crippen molar-refractivity contribution in [1.82, 2.24) is 9.80 Å². The number of para-hydroxylation sites is 1. The van der Waals surface area contributed by atoms with Gasteiger partial charge in [-0.1, -0.05) is 18.2 Å². The summed E-state index contributed by atoms with van der Waals surface area (Å²) in [7, 11) is 2.25. The van der Waals surface area contributed by atoms with Crippen LogP contribution in [0.2, 0.25) is 0 Å². The second-order valence-corrected chi connectivity index (χ2v) is 6.64. The summed E-state index contributed by atoms with van der Waals surface area (Å²) in [4.78, 5) is 19.4. The molecule has 1 unspecified atom stereocenters. The molecule has 0 saturated carbocycles. The summed E-state index contributed by atoms with van der Waals surface area (Å²) in [5.41, 5.74) is 1.03. The van der Waals surface area contributed by atoms with Gasteiger partial charge in [0, 0.05) is 36.9 Å². The molecule has 2 amide bonds. The Hall–Kier alpha value is -1.55. The number of carbonyl (C=O) groups excluding carboxylic acids is 1. The summed E-state index contributed by atoms with van der Waals surface area (Å²) in [5, 5.41) is 0. The molecule has 0 radical (unpaired) electrons. The number of carbonyl (C=O) groups is 1. The summed E-state index contributed by atoms with van der Waals surface area (Å²) >= 11 is 0. The molecule has 1 aromatic carbocycles. The molecule has 112 valence electrons. The van der Waals surface area contributed by atoms with Crippen LogP contribution in [0.3, 0.4) is 0 Å². The van der Waals surface area contributed by atoms with Gasteiger partial charge in [0.15, 0.2) is 0 Å². The number of benzene rings is 1. The van der Waals surface area contributed by atoms with Gasteiger partial charge in [0.05, 0.1) is 0 Å². The molecule has 3 atom stereocenters. The van der Waals surface area contributed by atoms with Crippen molar-refractivity contribution in [1.29, 1.82) is 0 Å². The van der Waals surface area contributed by atoms with E-state index in [4.69, 9.17) is 0 Å². The first-order chi connectivity index (χ1) is 10.2. The molecule has 4 heteroatoms. The number of nitrogens with zero attached hydrogens (tertiary/aromatic N) is 3. The van der Waals surface area contributed by atoms with Crippen LogP contribution in [0.1, 0.15) is 25.7 Å². The van der Waals surface area contributed by atoms with Crippen LogP contribution in [0.5, 0.6) is 0 Å².